The van der Waals surface area contributed by atoms with Crippen molar-refractivity contribution in [1.29, 1.82) is 0 Å². The number of carboxylic acid groups (broad SMARTS) is 1. The maximum Gasteiger partial charge on any atom is 0.335 e. The van der Waals surface area contributed by atoms with Crippen LogP contribution in [0.4, 0.5) is 5.69 Å². The van der Waals surface area contributed by atoms with Crippen molar-refractivity contribution in [2.45, 2.75) is 6.42 Å². The Morgan fingerprint density at radius 2 is 1.75 bits per heavy atom. The lowest BCUT2D eigenvalue weighted by Crippen LogP contribution is -2.07. The molecule has 4 nitrogen and oxygen atoms in total. The molecule has 4 heteroatoms. The molecule has 0 aromatic heterocycles. The summed E-state index contributed by atoms with van der Waals surface area (Å²) in [7, 11) is 0. The van der Waals surface area contributed by atoms with Gasteiger partial charge in [0.1, 0.15) is 5.75 Å². The number of aromatic carboxylic acids is 1. The molecule has 0 spiro atoms. The minimum Gasteiger partial charge on any atom is -0.494 e. The van der Waals surface area contributed by atoms with E-state index in [9.17, 15) is 4.79 Å². The van der Waals surface area contributed by atoms with Gasteiger partial charge in [-0.25, -0.2) is 4.79 Å². The van der Waals surface area contributed by atoms with Crippen molar-refractivity contribution in [1.82, 2.24) is 0 Å². The first-order chi connectivity index (χ1) is 9.75. The van der Waals surface area contributed by atoms with Crippen LogP contribution in [0.5, 0.6) is 5.75 Å². The molecule has 0 atom stereocenters. The number of rotatable bonds is 7. The highest BCUT2D eigenvalue weighted by Crippen LogP contribution is 2.12. The lowest BCUT2D eigenvalue weighted by Gasteiger charge is -2.08. The Bertz CT molecular complexity index is 537. The summed E-state index contributed by atoms with van der Waals surface area (Å²) in [4.78, 5) is 10.7. The summed E-state index contributed by atoms with van der Waals surface area (Å²) in [5, 5.41) is 12.1. The number of hydrogen-bond acceptors (Lipinski definition) is 3. The van der Waals surface area contributed by atoms with Crippen LogP contribution in [0.2, 0.25) is 0 Å². The Hall–Kier alpha value is -2.49. The van der Waals surface area contributed by atoms with Gasteiger partial charge in [-0.05, 0) is 42.8 Å². The van der Waals surface area contributed by atoms with Gasteiger partial charge in [0, 0.05) is 12.2 Å². The molecule has 2 rings (SSSR count). The van der Waals surface area contributed by atoms with Crippen molar-refractivity contribution in [2.75, 3.05) is 18.5 Å². The predicted octanol–water partition coefficient (Wildman–Crippen LogP) is 3.27. The van der Waals surface area contributed by atoms with Crippen LogP contribution in [0.1, 0.15) is 16.8 Å². The lowest BCUT2D eigenvalue weighted by molar-refractivity contribution is 0.0697. The average molecular weight is 271 g/mol. The summed E-state index contributed by atoms with van der Waals surface area (Å²) in [6.45, 7) is 1.42. The molecule has 2 N–H and O–H groups in total. The summed E-state index contributed by atoms with van der Waals surface area (Å²) < 4.78 is 5.55. The minimum atomic E-state index is -0.927. The fraction of sp³-hybridized carbons (Fsp3) is 0.188. The quantitative estimate of drug-likeness (QED) is 0.759. The zero-order valence-electron chi connectivity index (χ0n) is 11.1. The highest BCUT2D eigenvalue weighted by Gasteiger charge is 2.01. The number of para-hydroxylation sites is 1. The van der Waals surface area contributed by atoms with Crippen LogP contribution in [-0.4, -0.2) is 24.2 Å². The Morgan fingerprint density at radius 3 is 2.40 bits per heavy atom. The van der Waals surface area contributed by atoms with E-state index < -0.39 is 5.97 Å². The molecular weight excluding hydrogens is 254 g/mol. The Balaban J connectivity index is 1.67. The van der Waals surface area contributed by atoms with Crippen LogP contribution in [0.25, 0.3) is 0 Å². The maximum atomic E-state index is 10.7. The monoisotopic (exact) mass is 271 g/mol. The van der Waals surface area contributed by atoms with Gasteiger partial charge in [-0.3, -0.25) is 0 Å². The van der Waals surface area contributed by atoms with E-state index in [0.717, 1.165) is 18.7 Å². The lowest BCUT2D eigenvalue weighted by atomic mass is 10.2. The molecule has 0 aliphatic rings. The van der Waals surface area contributed by atoms with Crippen molar-refractivity contribution in [3.63, 3.8) is 0 Å². The molecule has 104 valence electrons. The second-order valence-electron chi connectivity index (χ2n) is 4.32. The zero-order chi connectivity index (χ0) is 14.2. The van der Waals surface area contributed by atoms with Crippen LogP contribution in [0, 0.1) is 0 Å². The number of anilines is 1. The van der Waals surface area contributed by atoms with Gasteiger partial charge in [-0.15, -0.1) is 0 Å². The summed E-state index contributed by atoms with van der Waals surface area (Å²) in [6, 6.07) is 16.4. The molecule has 0 radical (unpaired) electrons. The van der Waals surface area contributed by atoms with Crippen LogP contribution in [-0.2, 0) is 0 Å². The number of ether oxygens (including phenoxy) is 1. The third-order valence-corrected chi connectivity index (χ3v) is 2.79. The van der Waals surface area contributed by atoms with E-state index in [2.05, 4.69) is 5.32 Å². The van der Waals surface area contributed by atoms with E-state index in [1.165, 1.54) is 0 Å². The molecule has 0 bridgehead atoms. The van der Waals surface area contributed by atoms with Gasteiger partial charge in [0.15, 0.2) is 0 Å². The van der Waals surface area contributed by atoms with Crippen molar-refractivity contribution in [3.05, 3.63) is 60.2 Å². The first-order valence-corrected chi connectivity index (χ1v) is 6.51. The first-order valence-electron chi connectivity index (χ1n) is 6.51. The molecule has 0 saturated heterocycles. The van der Waals surface area contributed by atoms with E-state index in [0.29, 0.717) is 12.4 Å². The minimum absolute atomic E-state index is 0.267. The maximum absolute atomic E-state index is 10.7. The molecule has 2 aromatic rings. The van der Waals surface area contributed by atoms with E-state index in [-0.39, 0.29) is 5.56 Å². The van der Waals surface area contributed by atoms with E-state index in [4.69, 9.17) is 9.84 Å². The van der Waals surface area contributed by atoms with E-state index >= 15 is 0 Å². The standard InChI is InChI=1S/C16H17NO3/c18-16(19)13-7-9-15(10-8-13)20-12-4-11-17-14-5-2-1-3-6-14/h1-3,5-10,17H,4,11-12H2,(H,18,19). The van der Waals surface area contributed by atoms with Gasteiger partial charge in [0.25, 0.3) is 0 Å². The molecule has 0 fully saturated rings. The summed E-state index contributed by atoms with van der Waals surface area (Å²) in [6.07, 6.45) is 0.871. The van der Waals surface area contributed by atoms with Crippen molar-refractivity contribution in [3.8, 4) is 5.75 Å². The third-order valence-electron chi connectivity index (χ3n) is 2.79. The van der Waals surface area contributed by atoms with Gasteiger partial charge in [0.05, 0.1) is 12.2 Å². The Labute approximate surface area is 118 Å². The molecule has 2 aromatic carbocycles. The number of carboxylic acids is 1. The van der Waals surface area contributed by atoms with Crippen LogP contribution < -0.4 is 10.1 Å². The molecular formula is C16H17NO3. The predicted molar refractivity (Wildman–Crippen MR) is 78.4 cm³/mol. The average Bonchev–Trinajstić information content (AvgIpc) is 2.48. The summed E-state index contributed by atoms with van der Waals surface area (Å²) in [5.41, 5.74) is 1.36. The first kappa shape index (κ1) is 13.9. The summed E-state index contributed by atoms with van der Waals surface area (Å²) in [5.74, 6) is -0.238. The van der Waals surface area contributed by atoms with Gasteiger partial charge in [0.2, 0.25) is 0 Å². The van der Waals surface area contributed by atoms with Crippen LogP contribution in [0.3, 0.4) is 0 Å². The fourth-order valence-electron chi connectivity index (χ4n) is 1.74. The highest BCUT2D eigenvalue weighted by atomic mass is 16.5. The second kappa shape index (κ2) is 7.19. The van der Waals surface area contributed by atoms with E-state index in [1.54, 1.807) is 24.3 Å². The molecule has 0 heterocycles. The van der Waals surface area contributed by atoms with Gasteiger partial charge < -0.3 is 15.2 Å². The zero-order valence-corrected chi connectivity index (χ0v) is 11.1. The number of nitrogens with one attached hydrogen (secondary N) is 1. The smallest absolute Gasteiger partial charge is 0.335 e. The Kier molecular flexibility index (Phi) is 5.00. The molecule has 0 amide bonds. The molecule has 20 heavy (non-hydrogen) atoms. The largest absolute Gasteiger partial charge is 0.494 e. The normalized spacial score (nSPS) is 10.0. The van der Waals surface area contributed by atoms with Crippen molar-refractivity contribution < 1.29 is 14.6 Å². The van der Waals surface area contributed by atoms with Crippen LogP contribution in [0.15, 0.2) is 54.6 Å². The van der Waals surface area contributed by atoms with Crippen molar-refractivity contribution >= 4 is 11.7 Å². The SMILES string of the molecule is O=C(O)c1ccc(OCCCNc2ccccc2)cc1. The third kappa shape index (κ3) is 4.31. The van der Waals surface area contributed by atoms with Crippen molar-refractivity contribution in [2.24, 2.45) is 0 Å². The highest BCUT2D eigenvalue weighted by molar-refractivity contribution is 5.87. The van der Waals surface area contributed by atoms with Gasteiger partial charge in [-0.1, -0.05) is 18.2 Å². The number of carbonyl (C=O) groups is 1. The van der Waals surface area contributed by atoms with E-state index in [1.807, 2.05) is 30.3 Å². The molecule has 0 aliphatic carbocycles. The second-order valence-corrected chi connectivity index (χ2v) is 4.32. The van der Waals surface area contributed by atoms with Gasteiger partial charge >= 0.3 is 5.97 Å². The molecule has 0 saturated carbocycles. The summed E-state index contributed by atoms with van der Waals surface area (Å²) >= 11 is 0. The topological polar surface area (TPSA) is 58.6 Å². The number of hydrogen-bond donors (Lipinski definition) is 2. The van der Waals surface area contributed by atoms with Crippen LogP contribution >= 0.6 is 0 Å². The Morgan fingerprint density at radius 1 is 1.05 bits per heavy atom. The fourth-order valence-corrected chi connectivity index (χ4v) is 1.74. The van der Waals surface area contributed by atoms with Gasteiger partial charge in [-0.2, -0.15) is 0 Å². The molecule has 0 aliphatic heterocycles. The number of benzene rings is 2. The molecule has 0 unspecified atom stereocenters.